The predicted molar refractivity (Wildman–Crippen MR) is 70.4 cm³/mol. The van der Waals surface area contributed by atoms with Gasteiger partial charge in [0.1, 0.15) is 6.61 Å². The van der Waals surface area contributed by atoms with Gasteiger partial charge in [-0.15, -0.1) is 0 Å². The van der Waals surface area contributed by atoms with Crippen molar-refractivity contribution in [1.29, 1.82) is 0 Å². The molecule has 0 radical (unpaired) electrons. The molecule has 1 aromatic carbocycles. The van der Waals surface area contributed by atoms with E-state index in [1.54, 1.807) is 12.1 Å². The largest absolute Gasteiger partial charge is 0.445 e. The zero-order valence-electron chi connectivity index (χ0n) is 11.4. The van der Waals surface area contributed by atoms with Crippen LogP contribution in [0.1, 0.15) is 18.4 Å². The van der Waals surface area contributed by atoms with E-state index in [0.29, 0.717) is 0 Å². The molecule has 1 aliphatic rings. The van der Waals surface area contributed by atoms with E-state index < -0.39 is 24.2 Å². The molecule has 0 aromatic heterocycles. The van der Waals surface area contributed by atoms with Crippen LogP contribution in [0.15, 0.2) is 30.3 Å². The Hall–Kier alpha value is -1.76. The van der Waals surface area contributed by atoms with Crippen LogP contribution in [0.25, 0.3) is 0 Å². The number of carbonyl (C=O) groups excluding carboxylic acids is 1. The third-order valence-electron chi connectivity index (χ3n) is 3.40. The molecule has 1 aromatic rings. The topological polar surface area (TPSA) is 55.6 Å². The maximum Gasteiger partial charge on any atom is 0.410 e. The summed E-state index contributed by atoms with van der Waals surface area (Å²) in [6.45, 7) is 0.132. The molecule has 1 heterocycles. The number of likely N-dealkylation sites (tertiary alicyclic amines) is 1. The number of amides is 1. The van der Waals surface area contributed by atoms with Crippen molar-refractivity contribution in [3.05, 3.63) is 35.9 Å². The van der Waals surface area contributed by atoms with Crippen LogP contribution in [0.2, 0.25) is 0 Å². The summed E-state index contributed by atoms with van der Waals surface area (Å²) in [7, 11) is 0. The van der Waals surface area contributed by atoms with Crippen LogP contribution in [0.4, 0.5) is 18.0 Å². The van der Waals surface area contributed by atoms with Gasteiger partial charge >= 0.3 is 12.3 Å². The Morgan fingerprint density at radius 1 is 1.33 bits per heavy atom. The molecule has 21 heavy (non-hydrogen) atoms. The number of ether oxygens (including phenoxy) is 1. The summed E-state index contributed by atoms with van der Waals surface area (Å²) in [5, 5.41) is 0. The maximum atomic E-state index is 12.4. The van der Waals surface area contributed by atoms with Gasteiger partial charge in [-0.3, -0.25) is 0 Å². The summed E-state index contributed by atoms with van der Waals surface area (Å²) >= 11 is 0. The minimum Gasteiger partial charge on any atom is -0.445 e. The molecule has 0 aliphatic carbocycles. The summed E-state index contributed by atoms with van der Waals surface area (Å²) in [5.74, 6) is 0. The van der Waals surface area contributed by atoms with Gasteiger partial charge in [0.2, 0.25) is 0 Å². The van der Waals surface area contributed by atoms with Crippen molar-refractivity contribution < 1.29 is 22.7 Å². The van der Waals surface area contributed by atoms with E-state index in [4.69, 9.17) is 10.5 Å². The zero-order valence-corrected chi connectivity index (χ0v) is 11.4. The van der Waals surface area contributed by atoms with Crippen molar-refractivity contribution >= 4 is 6.09 Å². The van der Waals surface area contributed by atoms with E-state index in [-0.39, 0.29) is 26.1 Å². The van der Waals surface area contributed by atoms with Crippen molar-refractivity contribution in [2.24, 2.45) is 5.73 Å². The van der Waals surface area contributed by atoms with Crippen LogP contribution in [0, 0.1) is 0 Å². The van der Waals surface area contributed by atoms with E-state index in [9.17, 15) is 18.0 Å². The number of hydrogen-bond acceptors (Lipinski definition) is 3. The fourth-order valence-corrected chi connectivity index (χ4v) is 2.41. The van der Waals surface area contributed by atoms with Gasteiger partial charge in [0.05, 0.1) is 6.42 Å². The summed E-state index contributed by atoms with van der Waals surface area (Å²) < 4.78 is 42.4. The minimum atomic E-state index is -4.33. The molecule has 4 nitrogen and oxygen atoms in total. The molecule has 7 heteroatoms. The number of rotatable bonds is 3. The fraction of sp³-hybridized carbons (Fsp3) is 0.500. The highest BCUT2D eigenvalue weighted by Crippen LogP contribution is 2.32. The Kier molecular flexibility index (Phi) is 4.41. The molecule has 1 unspecified atom stereocenters. The lowest BCUT2D eigenvalue weighted by atomic mass is 9.95. The van der Waals surface area contributed by atoms with E-state index in [1.165, 1.54) is 4.90 Å². The highest BCUT2D eigenvalue weighted by atomic mass is 19.4. The van der Waals surface area contributed by atoms with Crippen LogP contribution < -0.4 is 5.73 Å². The lowest BCUT2D eigenvalue weighted by Gasteiger charge is -2.25. The SMILES string of the molecule is NC1(CC(F)(F)F)CCN(C(=O)OCc2ccccc2)C1. The van der Waals surface area contributed by atoms with Crippen LogP contribution in [0.3, 0.4) is 0 Å². The number of nitrogens with two attached hydrogens (primary N) is 1. The molecular formula is C14H17F3N2O2. The summed E-state index contributed by atoms with van der Waals surface area (Å²) in [4.78, 5) is 13.1. The number of halogens is 3. The Bertz CT molecular complexity index is 493. The molecule has 1 aliphatic heterocycles. The van der Waals surface area contributed by atoms with E-state index in [2.05, 4.69) is 0 Å². The Morgan fingerprint density at radius 2 is 2.00 bits per heavy atom. The third-order valence-corrected chi connectivity index (χ3v) is 3.40. The Morgan fingerprint density at radius 3 is 2.62 bits per heavy atom. The van der Waals surface area contributed by atoms with Crippen LogP contribution in [0.5, 0.6) is 0 Å². The Labute approximate surface area is 120 Å². The van der Waals surface area contributed by atoms with E-state index in [1.807, 2.05) is 18.2 Å². The van der Waals surface area contributed by atoms with Crippen LogP contribution >= 0.6 is 0 Å². The van der Waals surface area contributed by atoms with E-state index in [0.717, 1.165) is 5.56 Å². The quantitative estimate of drug-likeness (QED) is 0.934. The summed E-state index contributed by atoms with van der Waals surface area (Å²) in [5.41, 5.74) is 5.12. The number of benzene rings is 1. The van der Waals surface area contributed by atoms with Crippen molar-refractivity contribution in [2.75, 3.05) is 13.1 Å². The average Bonchev–Trinajstić information content (AvgIpc) is 2.77. The maximum absolute atomic E-state index is 12.4. The molecule has 116 valence electrons. The van der Waals surface area contributed by atoms with Gasteiger partial charge in [-0.1, -0.05) is 30.3 Å². The van der Waals surface area contributed by atoms with Crippen molar-refractivity contribution in [3.8, 4) is 0 Å². The average molecular weight is 302 g/mol. The van der Waals surface area contributed by atoms with Gasteiger partial charge in [-0.2, -0.15) is 13.2 Å². The molecule has 1 fully saturated rings. The number of alkyl halides is 3. The highest BCUT2D eigenvalue weighted by Gasteiger charge is 2.45. The monoisotopic (exact) mass is 302 g/mol. The Balaban J connectivity index is 1.85. The fourth-order valence-electron chi connectivity index (χ4n) is 2.41. The molecule has 1 atom stereocenters. The molecule has 2 N–H and O–H groups in total. The second-order valence-electron chi connectivity index (χ2n) is 5.37. The molecule has 0 bridgehead atoms. The molecule has 1 amide bonds. The van der Waals surface area contributed by atoms with Gasteiger partial charge in [-0.05, 0) is 12.0 Å². The summed E-state index contributed by atoms with van der Waals surface area (Å²) in [6, 6.07) is 9.06. The first-order valence-electron chi connectivity index (χ1n) is 6.59. The second kappa shape index (κ2) is 5.93. The lowest BCUT2D eigenvalue weighted by Crippen LogP contribution is -2.47. The minimum absolute atomic E-state index is 0.0903. The van der Waals surface area contributed by atoms with Gasteiger partial charge in [0.15, 0.2) is 0 Å². The molecule has 2 rings (SSSR count). The molecule has 1 saturated heterocycles. The first-order chi connectivity index (χ1) is 9.77. The molecule has 0 saturated carbocycles. The smallest absolute Gasteiger partial charge is 0.410 e. The number of nitrogens with zero attached hydrogens (tertiary/aromatic N) is 1. The number of carbonyl (C=O) groups is 1. The zero-order chi connectivity index (χ0) is 15.5. The second-order valence-corrected chi connectivity index (χ2v) is 5.37. The normalized spacial score (nSPS) is 22.4. The summed E-state index contributed by atoms with van der Waals surface area (Å²) in [6.07, 6.45) is -5.94. The van der Waals surface area contributed by atoms with E-state index >= 15 is 0 Å². The van der Waals surface area contributed by atoms with Crippen LogP contribution in [-0.4, -0.2) is 35.8 Å². The lowest BCUT2D eigenvalue weighted by molar-refractivity contribution is -0.146. The van der Waals surface area contributed by atoms with Gasteiger partial charge in [0.25, 0.3) is 0 Å². The highest BCUT2D eigenvalue weighted by molar-refractivity contribution is 5.68. The van der Waals surface area contributed by atoms with Gasteiger partial charge in [-0.25, -0.2) is 4.79 Å². The first-order valence-corrected chi connectivity index (χ1v) is 6.59. The molecule has 0 spiro atoms. The predicted octanol–water partition coefficient (Wildman–Crippen LogP) is 2.68. The standard InChI is InChI=1S/C14H17F3N2O2/c15-14(16,17)9-13(18)6-7-19(10-13)12(20)21-8-11-4-2-1-3-5-11/h1-5H,6-10,18H2. The van der Waals surface area contributed by atoms with Crippen LogP contribution in [-0.2, 0) is 11.3 Å². The van der Waals surface area contributed by atoms with Crippen molar-refractivity contribution in [1.82, 2.24) is 4.90 Å². The van der Waals surface area contributed by atoms with Crippen molar-refractivity contribution in [2.45, 2.75) is 31.2 Å². The van der Waals surface area contributed by atoms with Crippen molar-refractivity contribution in [3.63, 3.8) is 0 Å². The third kappa shape index (κ3) is 4.63. The number of hydrogen-bond donors (Lipinski definition) is 1. The molecular weight excluding hydrogens is 285 g/mol. The van der Waals surface area contributed by atoms with Gasteiger partial charge in [0, 0.05) is 18.6 Å². The first kappa shape index (κ1) is 15.6. The van der Waals surface area contributed by atoms with Gasteiger partial charge < -0.3 is 15.4 Å².